The first-order chi connectivity index (χ1) is 7.04. The fourth-order valence-corrected chi connectivity index (χ4v) is 2.33. The average Bonchev–Trinajstić information content (AvgIpc) is 2.49. The van der Waals surface area contributed by atoms with Crippen LogP contribution in [0.5, 0.6) is 0 Å². The first-order valence-electron chi connectivity index (χ1n) is 4.15. The van der Waals surface area contributed by atoms with Crippen LogP contribution in [0.4, 0.5) is 10.5 Å². The minimum atomic E-state index is -0.305. The van der Waals surface area contributed by atoms with Gasteiger partial charge in [0.2, 0.25) is 0 Å². The Balaban J connectivity index is 2.88. The van der Waals surface area contributed by atoms with Crippen LogP contribution in [0.1, 0.15) is 10.4 Å². The summed E-state index contributed by atoms with van der Waals surface area (Å²) in [4.78, 5) is 22.9. The van der Waals surface area contributed by atoms with Crippen LogP contribution in [0.2, 0.25) is 0 Å². The zero-order chi connectivity index (χ0) is 11.4. The molecule has 1 aromatic rings. The number of esters is 1. The molecule has 1 aromatic heterocycles. The van der Waals surface area contributed by atoms with Gasteiger partial charge in [0.15, 0.2) is 0 Å². The smallest absolute Gasteiger partial charge is 0.310 e. The number of thiophene rings is 1. The molecule has 1 heterocycles. The van der Waals surface area contributed by atoms with Gasteiger partial charge in [-0.1, -0.05) is 0 Å². The molecule has 0 aliphatic carbocycles. The number of anilines is 1. The summed E-state index contributed by atoms with van der Waals surface area (Å²) in [5, 5.41) is 4.60. The van der Waals surface area contributed by atoms with Crippen molar-refractivity contribution in [3.63, 3.8) is 0 Å². The summed E-state index contributed by atoms with van der Waals surface area (Å²) in [7, 11) is 1.35. The van der Waals surface area contributed by atoms with Gasteiger partial charge in [-0.25, -0.2) is 0 Å². The molecule has 0 bridgehead atoms. The molecule has 15 heavy (non-hydrogen) atoms. The quantitative estimate of drug-likeness (QED) is 0.399. The Bertz CT molecular complexity index is 389. The van der Waals surface area contributed by atoms with Gasteiger partial charge in [-0.3, -0.25) is 9.59 Å². The van der Waals surface area contributed by atoms with E-state index in [0.29, 0.717) is 0 Å². The minimum Gasteiger partial charge on any atom is -0.469 e. The molecule has 1 amide bonds. The first-order valence-corrected chi connectivity index (χ1v) is 6.10. The number of carbonyl (C=O) groups excluding carboxylic acids is 2. The summed E-state index contributed by atoms with van der Waals surface area (Å²) in [5.41, 5.74) is 1.69. The van der Waals surface area contributed by atoms with E-state index in [0.717, 1.165) is 16.1 Å². The molecule has 0 fully saturated rings. The van der Waals surface area contributed by atoms with Crippen LogP contribution in [0.15, 0.2) is 5.38 Å². The number of amides is 1. The highest BCUT2D eigenvalue weighted by molar-refractivity contribution is 14.1. The predicted octanol–water partition coefficient (Wildman–Crippen LogP) is 2.74. The van der Waals surface area contributed by atoms with E-state index >= 15 is 0 Å². The number of nitrogens with one attached hydrogen (secondary N) is 1. The number of aryl methyl sites for hydroxylation is 1. The molecule has 0 aliphatic heterocycles. The topological polar surface area (TPSA) is 55.4 Å². The number of hydrogen-bond donors (Lipinski definition) is 1. The molecule has 0 unspecified atom stereocenters. The Morgan fingerprint density at radius 3 is 2.80 bits per heavy atom. The number of carbonyl (C=O) groups is 2. The maximum absolute atomic E-state index is 11.1. The fourth-order valence-electron chi connectivity index (χ4n) is 1.10. The second-order valence-electron chi connectivity index (χ2n) is 2.87. The largest absolute Gasteiger partial charge is 0.469 e. The van der Waals surface area contributed by atoms with Crippen molar-refractivity contribution < 1.29 is 14.3 Å². The summed E-state index contributed by atoms with van der Waals surface area (Å²) in [6.07, 6.45) is 0.196. The Labute approximate surface area is 105 Å². The summed E-state index contributed by atoms with van der Waals surface area (Å²) in [6, 6.07) is 0. The van der Waals surface area contributed by atoms with Gasteiger partial charge in [0.1, 0.15) is 0 Å². The number of halogens is 1. The molecule has 0 aromatic carbocycles. The molecule has 0 saturated heterocycles. The third-order valence-electron chi connectivity index (χ3n) is 1.81. The number of ether oxygens (including phenoxy) is 1. The Hall–Kier alpha value is -0.630. The van der Waals surface area contributed by atoms with Crippen molar-refractivity contribution in [3.05, 3.63) is 15.8 Å². The van der Waals surface area contributed by atoms with E-state index < -0.39 is 0 Å². The number of rotatable bonds is 3. The minimum absolute atomic E-state index is 0.166. The van der Waals surface area contributed by atoms with Gasteiger partial charge in [0, 0.05) is 27.5 Å². The maximum atomic E-state index is 11.1. The lowest BCUT2D eigenvalue weighted by atomic mass is 10.2. The molecule has 1 rings (SSSR count). The van der Waals surface area contributed by atoms with Crippen LogP contribution < -0.4 is 5.32 Å². The average molecular weight is 339 g/mol. The lowest BCUT2D eigenvalue weighted by molar-refractivity contribution is -0.139. The van der Waals surface area contributed by atoms with Gasteiger partial charge in [-0.15, -0.1) is 11.3 Å². The summed E-state index contributed by atoms with van der Waals surface area (Å²) in [6.45, 7) is 1.89. The molecule has 1 N–H and O–H groups in total. The van der Waals surface area contributed by atoms with Crippen LogP contribution in [0.3, 0.4) is 0 Å². The lowest BCUT2D eigenvalue weighted by Gasteiger charge is -2.04. The van der Waals surface area contributed by atoms with Crippen molar-refractivity contribution in [1.82, 2.24) is 0 Å². The van der Waals surface area contributed by atoms with Crippen LogP contribution in [0, 0.1) is 6.92 Å². The van der Waals surface area contributed by atoms with Crippen molar-refractivity contribution in [2.24, 2.45) is 0 Å². The van der Waals surface area contributed by atoms with Crippen molar-refractivity contribution in [3.8, 4) is 0 Å². The van der Waals surface area contributed by atoms with Gasteiger partial charge in [0.05, 0.1) is 19.2 Å². The predicted molar refractivity (Wildman–Crippen MR) is 67.8 cm³/mol. The summed E-state index contributed by atoms with van der Waals surface area (Å²) in [5.74, 6) is -0.305. The molecule has 6 heteroatoms. The fraction of sp³-hybridized carbons (Fsp3) is 0.333. The van der Waals surface area contributed by atoms with Crippen molar-refractivity contribution >= 4 is 49.5 Å². The Morgan fingerprint density at radius 2 is 2.27 bits per heavy atom. The number of hydrogen-bond acceptors (Lipinski definition) is 4. The van der Waals surface area contributed by atoms with E-state index in [2.05, 4.69) is 10.1 Å². The third-order valence-corrected chi connectivity index (χ3v) is 3.18. The molecule has 0 aliphatic rings. The van der Waals surface area contributed by atoms with E-state index in [9.17, 15) is 9.59 Å². The molecule has 0 spiro atoms. The third kappa shape index (κ3) is 3.45. The van der Waals surface area contributed by atoms with E-state index in [4.69, 9.17) is 0 Å². The van der Waals surface area contributed by atoms with Crippen LogP contribution >= 0.6 is 33.9 Å². The van der Waals surface area contributed by atoms with Gasteiger partial charge in [0.25, 0.3) is 3.91 Å². The SMILES string of the molecule is COC(=O)Cc1scc(C)c1NC(=O)I. The van der Waals surface area contributed by atoms with E-state index in [1.807, 2.05) is 12.3 Å². The molecule has 82 valence electrons. The van der Waals surface area contributed by atoms with Crippen molar-refractivity contribution in [2.45, 2.75) is 13.3 Å². The maximum Gasteiger partial charge on any atom is 0.310 e. The van der Waals surface area contributed by atoms with Crippen LogP contribution in [0.25, 0.3) is 0 Å². The highest BCUT2D eigenvalue weighted by Crippen LogP contribution is 2.28. The summed E-state index contributed by atoms with van der Waals surface area (Å²) < 4.78 is 4.41. The molecule has 4 nitrogen and oxygen atoms in total. The summed E-state index contributed by atoms with van der Waals surface area (Å²) >= 11 is 3.10. The van der Waals surface area contributed by atoms with Gasteiger partial charge < -0.3 is 10.1 Å². The van der Waals surface area contributed by atoms with Crippen molar-refractivity contribution in [1.29, 1.82) is 0 Å². The highest BCUT2D eigenvalue weighted by Gasteiger charge is 2.13. The molecular weight excluding hydrogens is 329 g/mol. The lowest BCUT2D eigenvalue weighted by Crippen LogP contribution is -2.07. The highest BCUT2D eigenvalue weighted by atomic mass is 127. The van der Waals surface area contributed by atoms with Gasteiger partial charge >= 0.3 is 5.97 Å². The number of methoxy groups -OCH3 is 1. The monoisotopic (exact) mass is 339 g/mol. The van der Waals surface area contributed by atoms with Crippen LogP contribution in [-0.2, 0) is 16.0 Å². The van der Waals surface area contributed by atoms with E-state index in [1.165, 1.54) is 18.4 Å². The zero-order valence-corrected chi connectivity index (χ0v) is 11.3. The second kappa shape index (κ2) is 5.45. The molecule has 0 radical (unpaired) electrons. The normalized spacial score (nSPS) is 9.80. The van der Waals surface area contributed by atoms with Gasteiger partial charge in [-0.05, 0) is 17.9 Å². The molecule has 0 saturated carbocycles. The first kappa shape index (κ1) is 12.4. The van der Waals surface area contributed by atoms with E-state index in [-0.39, 0.29) is 16.3 Å². The Morgan fingerprint density at radius 1 is 1.60 bits per heavy atom. The molecule has 0 atom stereocenters. The van der Waals surface area contributed by atoms with Crippen molar-refractivity contribution in [2.75, 3.05) is 12.4 Å². The van der Waals surface area contributed by atoms with Gasteiger partial charge in [-0.2, -0.15) is 0 Å². The van der Waals surface area contributed by atoms with E-state index in [1.54, 1.807) is 22.6 Å². The second-order valence-corrected chi connectivity index (χ2v) is 4.81. The molecular formula is C9H10INO3S. The Kier molecular flexibility index (Phi) is 4.52. The van der Waals surface area contributed by atoms with Crippen LogP contribution in [-0.4, -0.2) is 17.0 Å². The standard InChI is InChI=1S/C9H10INO3S/c1-5-4-15-6(3-7(12)14-2)8(5)11-9(10)13/h4H,3H2,1-2H3,(H,11,13). The zero-order valence-electron chi connectivity index (χ0n) is 8.30.